The molecule has 0 unspecified atom stereocenters. The highest BCUT2D eigenvalue weighted by molar-refractivity contribution is 7.13. The predicted octanol–water partition coefficient (Wildman–Crippen LogP) is 7.50. The molecular weight excluding hydrogens is 853 g/mol. The van der Waals surface area contributed by atoms with E-state index in [0.717, 1.165) is 85.3 Å². The van der Waals surface area contributed by atoms with Gasteiger partial charge in [0.05, 0.1) is 28.8 Å². The number of amides is 3. The normalized spacial score (nSPS) is 15.4. The highest BCUT2D eigenvalue weighted by atomic mass is 32.1. The maximum absolute atomic E-state index is 14.0. The van der Waals surface area contributed by atoms with Crippen LogP contribution in [0.25, 0.3) is 21.7 Å². The van der Waals surface area contributed by atoms with Crippen molar-refractivity contribution < 1.29 is 29.3 Å². The molecule has 0 radical (unpaired) electrons. The molecule has 1 fully saturated rings. The Labute approximate surface area is 392 Å². The number of nitrogen functional groups attached to an aromatic ring is 1. The van der Waals surface area contributed by atoms with Crippen molar-refractivity contribution in [1.82, 2.24) is 36.0 Å². The SMILES string of the molecule is Cc1ncsc1-c1ccc(CNC(=O)[C@@H]2C[C@@H](O)CN2C(=O)[C@@H](NC(=O)CCCCCCCCCNCc2ccc(CCOc3cc(-c4ccccc4O)nnc3N)cc2)C(C)(C)C)cc1. The van der Waals surface area contributed by atoms with Gasteiger partial charge in [-0.1, -0.05) is 114 Å². The molecule has 3 atom stereocenters. The molecule has 0 spiro atoms. The first-order chi connectivity index (χ1) is 31.8. The first kappa shape index (κ1) is 49.5. The number of carbonyl (C=O) groups is 3. The van der Waals surface area contributed by atoms with E-state index in [1.54, 1.807) is 35.6 Å². The summed E-state index contributed by atoms with van der Waals surface area (Å²) in [6.45, 7) is 10.2. The fourth-order valence-electron chi connectivity index (χ4n) is 8.09. The van der Waals surface area contributed by atoms with Crippen molar-refractivity contribution in [2.45, 2.75) is 123 Å². The van der Waals surface area contributed by atoms with Crippen molar-refractivity contribution >= 4 is 34.9 Å². The summed E-state index contributed by atoms with van der Waals surface area (Å²) in [6, 6.07) is 23.4. The summed E-state index contributed by atoms with van der Waals surface area (Å²) in [4.78, 5) is 47.4. The number of anilines is 1. The van der Waals surface area contributed by atoms with Gasteiger partial charge < -0.3 is 41.5 Å². The number of β-amino-alcohol motifs (C(OH)–C–C–N with tert-alkyl or cyclic N) is 1. The Hall–Kier alpha value is -5.90. The van der Waals surface area contributed by atoms with Crippen LogP contribution in [0, 0.1) is 12.3 Å². The number of nitrogens with one attached hydrogen (secondary N) is 3. The molecule has 3 amide bonds. The maximum atomic E-state index is 14.0. The lowest BCUT2D eigenvalue weighted by Crippen LogP contribution is -2.57. The van der Waals surface area contributed by atoms with Gasteiger partial charge in [0.1, 0.15) is 23.5 Å². The Kier molecular flexibility index (Phi) is 18.0. The molecule has 1 aliphatic heterocycles. The van der Waals surface area contributed by atoms with E-state index in [4.69, 9.17) is 10.5 Å². The summed E-state index contributed by atoms with van der Waals surface area (Å²) in [6.07, 6.45) is 7.55. The number of unbranched alkanes of at least 4 members (excludes halogenated alkanes) is 6. The van der Waals surface area contributed by atoms with Gasteiger partial charge in [0.15, 0.2) is 11.6 Å². The molecule has 15 heteroatoms. The second-order valence-corrected chi connectivity index (χ2v) is 19.1. The van der Waals surface area contributed by atoms with Crippen molar-refractivity contribution in [3.05, 3.63) is 107 Å². The molecule has 6 rings (SSSR count). The van der Waals surface area contributed by atoms with Crippen LogP contribution in [0.4, 0.5) is 5.82 Å². The van der Waals surface area contributed by atoms with E-state index in [9.17, 15) is 24.6 Å². The number of aromatic nitrogens is 3. The fourth-order valence-corrected chi connectivity index (χ4v) is 8.90. The third-order valence-corrected chi connectivity index (χ3v) is 12.9. The zero-order chi connectivity index (χ0) is 47.1. The standard InChI is InChI=1S/C51H66N8O6S/c1-34-46(66-33-55-34)38-23-21-37(22-24-38)31-54-49(63)42-28-39(60)32-59(42)50(64)47(51(2,3)4)56-45(62)16-10-8-6-5-7-9-13-26-53-30-36-19-17-35(18-20-36)25-27-65-44-29-41(57-58-48(44)52)40-14-11-12-15-43(40)61/h11-12,14-15,17-24,29,33,39,42,47,53,60-61H,5-10,13,16,25-28,30-32H2,1-4H3,(H2,52,58)(H,54,63)(H,56,62)/t39-,42+,47-/m1/s1. The summed E-state index contributed by atoms with van der Waals surface area (Å²) < 4.78 is 5.93. The number of nitrogens with zero attached hydrogens (tertiary/aromatic N) is 4. The topological polar surface area (TPSA) is 205 Å². The molecule has 1 saturated heterocycles. The lowest BCUT2D eigenvalue weighted by molar-refractivity contribution is -0.144. The molecule has 352 valence electrons. The number of ether oxygens (including phenoxy) is 1. The molecule has 0 saturated carbocycles. The molecule has 66 heavy (non-hydrogen) atoms. The van der Waals surface area contributed by atoms with Gasteiger partial charge in [0.25, 0.3) is 0 Å². The van der Waals surface area contributed by atoms with Crippen LogP contribution in [0.1, 0.15) is 101 Å². The Bertz CT molecular complexity index is 2350. The van der Waals surface area contributed by atoms with Crippen LogP contribution < -0.4 is 26.4 Å². The summed E-state index contributed by atoms with van der Waals surface area (Å²) in [7, 11) is 0. The summed E-state index contributed by atoms with van der Waals surface area (Å²) >= 11 is 1.59. The zero-order valence-electron chi connectivity index (χ0n) is 38.7. The number of benzene rings is 3. The molecule has 0 aliphatic carbocycles. The van der Waals surface area contributed by atoms with E-state index in [-0.39, 0.29) is 42.3 Å². The predicted molar refractivity (Wildman–Crippen MR) is 259 cm³/mol. The van der Waals surface area contributed by atoms with Gasteiger partial charge in [0, 0.05) is 50.5 Å². The molecule has 3 aromatic carbocycles. The van der Waals surface area contributed by atoms with Gasteiger partial charge in [-0.2, -0.15) is 0 Å². The van der Waals surface area contributed by atoms with Gasteiger partial charge in [-0.05, 0) is 66.1 Å². The van der Waals surface area contributed by atoms with Gasteiger partial charge in [0.2, 0.25) is 17.7 Å². The van der Waals surface area contributed by atoms with Gasteiger partial charge in [-0.3, -0.25) is 14.4 Å². The number of thiazole rings is 1. The van der Waals surface area contributed by atoms with E-state index >= 15 is 0 Å². The Morgan fingerprint density at radius 2 is 1.56 bits per heavy atom. The van der Waals surface area contributed by atoms with Gasteiger partial charge >= 0.3 is 0 Å². The number of nitrogens with two attached hydrogens (primary N) is 1. The van der Waals surface area contributed by atoms with Crippen molar-refractivity contribution in [1.29, 1.82) is 0 Å². The quantitative estimate of drug-likeness (QED) is 0.0354. The summed E-state index contributed by atoms with van der Waals surface area (Å²) in [5.41, 5.74) is 13.6. The smallest absolute Gasteiger partial charge is 0.246 e. The molecule has 1 aliphatic rings. The number of aliphatic hydroxyl groups is 1. The molecule has 0 bridgehead atoms. The van der Waals surface area contributed by atoms with Crippen LogP contribution in [0.2, 0.25) is 0 Å². The van der Waals surface area contributed by atoms with Crippen LogP contribution in [0.3, 0.4) is 0 Å². The number of phenolic OH excluding ortho intramolecular Hbond substituents is 1. The largest absolute Gasteiger partial charge is 0.507 e. The second kappa shape index (κ2) is 24.0. The fraction of sp³-hybridized carbons (Fsp3) is 0.451. The number of rotatable bonds is 23. The third-order valence-electron chi connectivity index (χ3n) is 11.9. The number of aromatic hydroxyl groups is 1. The molecule has 14 nitrogen and oxygen atoms in total. The zero-order valence-corrected chi connectivity index (χ0v) is 39.5. The van der Waals surface area contributed by atoms with Crippen LogP contribution in [-0.2, 0) is 33.9 Å². The van der Waals surface area contributed by atoms with Crippen LogP contribution in [0.15, 0.2) is 84.4 Å². The lowest BCUT2D eigenvalue weighted by Gasteiger charge is -2.35. The summed E-state index contributed by atoms with van der Waals surface area (Å²) in [5, 5.41) is 38.3. The number of carbonyl (C=O) groups excluding carboxylic acids is 3. The van der Waals surface area contributed by atoms with E-state index in [1.165, 1.54) is 10.5 Å². The van der Waals surface area contributed by atoms with E-state index in [1.807, 2.05) is 63.5 Å². The lowest BCUT2D eigenvalue weighted by atomic mass is 9.85. The Balaban J connectivity index is 0.817. The second-order valence-electron chi connectivity index (χ2n) is 18.3. The maximum Gasteiger partial charge on any atom is 0.246 e. The number of hydrogen-bond donors (Lipinski definition) is 6. The molecule has 3 heterocycles. The van der Waals surface area contributed by atoms with Gasteiger partial charge in [-0.15, -0.1) is 21.5 Å². The minimum atomic E-state index is -0.836. The average Bonchev–Trinajstić information content (AvgIpc) is 3.92. The number of phenols is 1. The first-order valence-electron chi connectivity index (χ1n) is 23.1. The number of likely N-dealkylation sites (tertiary alicyclic amines) is 1. The van der Waals surface area contributed by atoms with Crippen molar-refractivity contribution in [2.24, 2.45) is 5.41 Å². The number of para-hydroxylation sites is 1. The van der Waals surface area contributed by atoms with E-state index in [2.05, 4.69) is 55.4 Å². The van der Waals surface area contributed by atoms with Crippen LogP contribution >= 0.6 is 11.3 Å². The average molecular weight is 919 g/mol. The number of aliphatic hydroxyl groups excluding tert-OH is 1. The molecular formula is C51H66N8O6S. The molecule has 5 aromatic rings. The number of aryl methyl sites for hydroxylation is 1. The minimum absolute atomic E-state index is 0.0416. The van der Waals surface area contributed by atoms with Crippen molar-refractivity contribution in [2.75, 3.05) is 25.4 Å². The Morgan fingerprint density at radius 3 is 2.26 bits per heavy atom. The van der Waals surface area contributed by atoms with Crippen molar-refractivity contribution in [3.8, 4) is 33.2 Å². The van der Waals surface area contributed by atoms with E-state index < -0.39 is 23.6 Å². The third kappa shape index (κ3) is 14.3. The van der Waals surface area contributed by atoms with Crippen molar-refractivity contribution in [3.63, 3.8) is 0 Å². The highest BCUT2D eigenvalue weighted by Crippen LogP contribution is 2.31. The van der Waals surface area contributed by atoms with Crippen LogP contribution in [0.5, 0.6) is 11.5 Å². The monoisotopic (exact) mass is 918 g/mol. The number of hydrogen-bond acceptors (Lipinski definition) is 12. The minimum Gasteiger partial charge on any atom is -0.507 e. The van der Waals surface area contributed by atoms with E-state index in [0.29, 0.717) is 43.0 Å². The molecule has 7 N–H and O–H groups in total. The summed E-state index contributed by atoms with van der Waals surface area (Å²) in [5.74, 6) is -0.106. The Morgan fingerprint density at radius 1 is 0.894 bits per heavy atom. The first-order valence-corrected chi connectivity index (χ1v) is 24.0. The molecule has 2 aromatic heterocycles. The van der Waals surface area contributed by atoms with Crippen LogP contribution in [-0.4, -0.2) is 85.9 Å². The highest BCUT2D eigenvalue weighted by Gasteiger charge is 2.44. The van der Waals surface area contributed by atoms with Gasteiger partial charge in [-0.25, -0.2) is 4.98 Å².